The highest BCUT2D eigenvalue weighted by atomic mass is 35.5. The summed E-state index contributed by atoms with van der Waals surface area (Å²) < 4.78 is 5.35. The van der Waals surface area contributed by atoms with Gasteiger partial charge in [-0.05, 0) is 24.3 Å². The number of aromatic nitrogens is 3. The van der Waals surface area contributed by atoms with Gasteiger partial charge in [0.15, 0.2) is 18.2 Å². The zero-order valence-corrected chi connectivity index (χ0v) is 14.8. The van der Waals surface area contributed by atoms with Crippen LogP contribution < -0.4 is 26.6 Å². The lowest BCUT2D eigenvalue weighted by Crippen LogP contribution is -2.34. The molecule has 0 saturated heterocycles. The smallest absolute Gasteiger partial charge is 0.276 e. The lowest BCUT2D eigenvalue weighted by Gasteiger charge is -2.13. The Labute approximate surface area is 159 Å². The largest absolute Gasteiger partial charge is 0.484 e. The van der Waals surface area contributed by atoms with Gasteiger partial charge in [0, 0.05) is 6.20 Å². The third kappa shape index (κ3) is 5.19. The number of pyridine rings is 1. The number of halogens is 1. The molecule has 1 aromatic carbocycles. The lowest BCUT2D eigenvalue weighted by molar-refractivity contribution is -0.122. The van der Waals surface area contributed by atoms with E-state index >= 15 is 0 Å². The molecular formula is C17H16ClN7O2. The van der Waals surface area contributed by atoms with E-state index in [4.69, 9.17) is 22.1 Å². The predicted octanol–water partition coefficient (Wildman–Crippen LogP) is 2.37. The molecule has 5 N–H and O–H groups in total. The number of para-hydroxylation sites is 1. The van der Waals surface area contributed by atoms with Crippen molar-refractivity contribution in [3.8, 4) is 5.75 Å². The lowest BCUT2D eigenvalue weighted by atomic mass is 10.3. The summed E-state index contributed by atoms with van der Waals surface area (Å²) in [4.78, 5) is 24.1. The van der Waals surface area contributed by atoms with Crippen molar-refractivity contribution in [2.24, 2.45) is 0 Å². The van der Waals surface area contributed by atoms with Crippen molar-refractivity contribution in [3.63, 3.8) is 0 Å². The number of rotatable bonds is 7. The number of ether oxygens (including phenoxy) is 1. The molecule has 0 spiro atoms. The van der Waals surface area contributed by atoms with E-state index in [1.54, 1.807) is 24.3 Å². The number of hydrazine groups is 1. The molecule has 0 unspecified atom stereocenters. The van der Waals surface area contributed by atoms with Crippen LogP contribution in [0.4, 0.5) is 23.1 Å². The van der Waals surface area contributed by atoms with Crippen molar-refractivity contribution in [3.05, 3.63) is 60.0 Å². The van der Waals surface area contributed by atoms with Crippen molar-refractivity contribution in [1.82, 2.24) is 20.4 Å². The number of nitrogens with zero attached hydrogens (tertiary/aromatic N) is 3. The van der Waals surface area contributed by atoms with Gasteiger partial charge in [-0.3, -0.25) is 15.6 Å². The van der Waals surface area contributed by atoms with E-state index < -0.39 is 5.91 Å². The van der Waals surface area contributed by atoms with E-state index in [0.29, 0.717) is 22.4 Å². The number of carbonyl (C=O) groups excluding carboxylic acids is 1. The summed E-state index contributed by atoms with van der Waals surface area (Å²) in [6.45, 7) is -0.165. The average molecular weight is 386 g/mol. The normalized spacial score (nSPS) is 10.1. The van der Waals surface area contributed by atoms with Gasteiger partial charge < -0.3 is 15.8 Å². The number of nitrogens with two attached hydrogens (primary N) is 1. The highest BCUT2D eigenvalue weighted by molar-refractivity contribution is 6.30. The second-order valence-electron chi connectivity index (χ2n) is 5.25. The molecule has 0 radical (unpaired) electrons. The number of anilines is 4. The van der Waals surface area contributed by atoms with Gasteiger partial charge in [0.05, 0.1) is 5.02 Å². The fourth-order valence-electron chi connectivity index (χ4n) is 2.00. The van der Waals surface area contributed by atoms with Crippen LogP contribution in [-0.4, -0.2) is 27.5 Å². The van der Waals surface area contributed by atoms with Gasteiger partial charge in [0.1, 0.15) is 23.6 Å². The number of nitrogens with one attached hydrogen (secondary N) is 3. The van der Waals surface area contributed by atoms with Crippen LogP contribution in [0.1, 0.15) is 0 Å². The molecule has 3 rings (SSSR count). The molecule has 27 heavy (non-hydrogen) atoms. The Morgan fingerprint density at radius 2 is 1.85 bits per heavy atom. The Balaban J connectivity index is 1.57. The zero-order chi connectivity index (χ0) is 19.1. The summed E-state index contributed by atoms with van der Waals surface area (Å²) in [6, 6.07) is 12.4. The van der Waals surface area contributed by atoms with Gasteiger partial charge in [-0.25, -0.2) is 15.0 Å². The van der Waals surface area contributed by atoms with Gasteiger partial charge in [-0.15, -0.1) is 0 Å². The second-order valence-corrected chi connectivity index (χ2v) is 5.68. The summed E-state index contributed by atoms with van der Waals surface area (Å²) in [5, 5.41) is 3.46. The Hall–Kier alpha value is -3.59. The van der Waals surface area contributed by atoms with Crippen LogP contribution in [-0.2, 0) is 4.79 Å². The summed E-state index contributed by atoms with van der Waals surface area (Å²) >= 11 is 5.81. The second kappa shape index (κ2) is 8.68. The number of nitrogen functional groups attached to an aromatic ring is 1. The standard InChI is InChI=1S/C17H16ClN7O2/c18-11-6-7-13(20-8-11)23-16-15(19)17(22-10-21-16)25-24-14(26)9-27-12-4-2-1-3-5-12/h1-8,10H,9,19H2,(H,24,26)(H2,20,21,22,23,25). The minimum absolute atomic E-state index is 0.165. The van der Waals surface area contributed by atoms with Crippen molar-refractivity contribution < 1.29 is 9.53 Å². The van der Waals surface area contributed by atoms with Crippen molar-refractivity contribution in [2.75, 3.05) is 23.1 Å². The number of hydrogen-bond acceptors (Lipinski definition) is 8. The summed E-state index contributed by atoms with van der Waals surface area (Å²) in [7, 11) is 0. The van der Waals surface area contributed by atoms with Crippen LogP contribution in [0.25, 0.3) is 0 Å². The number of hydrogen-bond donors (Lipinski definition) is 4. The average Bonchev–Trinajstić information content (AvgIpc) is 2.69. The van der Waals surface area contributed by atoms with Crippen LogP contribution in [0.5, 0.6) is 5.75 Å². The third-order valence-electron chi connectivity index (χ3n) is 3.29. The van der Waals surface area contributed by atoms with Crippen LogP contribution in [0.2, 0.25) is 5.02 Å². The number of benzene rings is 1. The molecule has 0 bridgehead atoms. The van der Waals surface area contributed by atoms with Crippen molar-refractivity contribution in [1.29, 1.82) is 0 Å². The molecule has 2 aromatic heterocycles. The molecule has 0 saturated carbocycles. The maximum absolute atomic E-state index is 11.9. The first-order valence-corrected chi connectivity index (χ1v) is 8.21. The quantitative estimate of drug-likeness (QED) is 0.456. The molecule has 10 heteroatoms. The molecule has 0 aliphatic rings. The molecule has 2 heterocycles. The molecule has 0 aliphatic heterocycles. The number of carbonyl (C=O) groups is 1. The Morgan fingerprint density at radius 1 is 1.07 bits per heavy atom. The van der Waals surface area contributed by atoms with E-state index in [-0.39, 0.29) is 18.1 Å². The predicted molar refractivity (Wildman–Crippen MR) is 103 cm³/mol. The van der Waals surface area contributed by atoms with Gasteiger partial charge in [-0.2, -0.15) is 0 Å². The Kier molecular flexibility index (Phi) is 5.85. The highest BCUT2D eigenvalue weighted by Crippen LogP contribution is 2.24. The minimum Gasteiger partial charge on any atom is -0.484 e. The van der Waals surface area contributed by atoms with E-state index in [1.807, 2.05) is 18.2 Å². The van der Waals surface area contributed by atoms with E-state index in [1.165, 1.54) is 12.5 Å². The van der Waals surface area contributed by atoms with Crippen LogP contribution in [0.15, 0.2) is 55.0 Å². The van der Waals surface area contributed by atoms with Gasteiger partial charge in [0.25, 0.3) is 5.91 Å². The van der Waals surface area contributed by atoms with Crippen molar-refractivity contribution in [2.45, 2.75) is 0 Å². The fraction of sp³-hybridized carbons (Fsp3) is 0.0588. The third-order valence-corrected chi connectivity index (χ3v) is 3.51. The van der Waals surface area contributed by atoms with E-state index in [9.17, 15) is 4.79 Å². The SMILES string of the molecule is Nc1c(NNC(=O)COc2ccccc2)ncnc1Nc1ccc(Cl)cn1. The van der Waals surface area contributed by atoms with Gasteiger partial charge in [0.2, 0.25) is 0 Å². The highest BCUT2D eigenvalue weighted by Gasteiger charge is 2.10. The molecule has 0 atom stereocenters. The van der Waals surface area contributed by atoms with Crippen LogP contribution >= 0.6 is 11.6 Å². The first kappa shape index (κ1) is 18.2. The molecule has 0 fully saturated rings. The fourth-order valence-corrected chi connectivity index (χ4v) is 2.11. The zero-order valence-electron chi connectivity index (χ0n) is 14.0. The van der Waals surface area contributed by atoms with Gasteiger partial charge >= 0.3 is 0 Å². The number of amides is 1. The minimum atomic E-state index is -0.397. The first-order valence-electron chi connectivity index (χ1n) is 7.83. The first-order chi connectivity index (χ1) is 13.1. The summed E-state index contributed by atoms with van der Waals surface area (Å²) in [5.74, 6) is 1.27. The molecule has 0 aliphatic carbocycles. The maximum atomic E-state index is 11.9. The van der Waals surface area contributed by atoms with Crippen molar-refractivity contribution >= 4 is 40.6 Å². The van der Waals surface area contributed by atoms with Gasteiger partial charge in [-0.1, -0.05) is 29.8 Å². The molecule has 138 valence electrons. The molecule has 9 nitrogen and oxygen atoms in total. The topological polar surface area (TPSA) is 127 Å². The van der Waals surface area contributed by atoms with Crippen LogP contribution in [0.3, 0.4) is 0 Å². The Bertz CT molecular complexity index is 907. The Morgan fingerprint density at radius 3 is 2.59 bits per heavy atom. The molecular weight excluding hydrogens is 370 g/mol. The van der Waals surface area contributed by atoms with E-state index in [0.717, 1.165) is 0 Å². The monoisotopic (exact) mass is 385 g/mol. The summed E-state index contributed by atoms with van der Waals surface area (Å²) in [5.41, 5.74) is 11.3. The van der Waals surface area contributed by atoms with E-state index in [2.05, 4.69) is 31.1 Å². The molecule has 3 aromatic rings. The molecule has 1 amide bonds. The van der Waals surface area contributed by atoms with Crippen LogP contribution in [0, 0.1) is 0 Å². The summed E-state index contributed by atoms with van der Waals surface area (Å²) in [6.07, 6.45) is 2.79. The maximum Gasteiger partial charge on any atom is 0.276 e.